The Morgan fingerprint density at radius 2 is 0.906 bits per heavy atom. The Labute approximate surface area is 326 Å². The van der Waals surface area contributed by atoms with Crippen LogP contribution in [0.5, 0.6) is 0 Å². The van der Waals surface area contributed by atoms with Crippen LogP contribution in [0.3, 0.4) is 0 Å². The summed E-state index contributed by atoms with van der Waals surface area (Å²) in [6, 6.07) is -1.26. The van der Waals surface area contributed by atoms with Crippen LogP contribution in [0.15, 0.2) is 60.8 Å². The van der Waals surface area contributed by atoms with Gasteiger partial charge in [0, 0.05) is 0 Å². The van der Waals surface area contributed by atoms with Gasteiger partial charge in [-0.05, 0) is 70.6 Å². The molecule has 0 bridgehead atoms. The Hall–Kier alpha value is -2.00. The molecule has 0 aromatic heterocycles. The van der Waals surface area contributed by atoms with E-state index in [0.29, 0.717) is 12.8 Å². The molecular formula is C45H81NO6S. The van der Waals surface area contributed by atoms with E-state index in [4.69, 9.17) is 0 Å². The second-order valence-electron chi connectivity index (χ2n) is 14.8. The Morgan fingerprint density at radius 3 is 1.40 bits per heavy atom. The minimum absolute atomic E-state index is 0.263. The van der Waals surface area contributed by atoms with E-state index in [1.54, 1.807) is 6.08 Å². The third-order valence-electron chi connectivity index (χ3n) is 9.53. The highest BCUT2D eigenvalue weighted by molar-refractivity contribution is 7.85. The van der Waals surface area contributed by atoms with E-state index >= 15 is 0 Å². The van der Waals surface area contributed by atoms with Gasteiger partial charge in [0.1, 0.15) is 6.10 Å². The van der Waals surface area contributed by atoms with Crippen molar-refractivity contribution in [1.82, 2.24) is 5.32 Å². The van der Waals surface area contributed by atoms with Gasteiger partial charge in [0.2, 0.25) is 5.91 Å². The zero-order valence-electron chi connectivity index (χ0n) is 34.0. The molecule has 0 heterocycles. The number of unbranched alkanes of at least 4 members (excludes halogenated alkanes) is 22. The second kappa shape index (κ2) is 38.3. The van der Waals surface area contributed by atoms with Crippen molar-refractivity contribution in [3.05, 3.63) is 60.8 Å². The van der Waals surface area contributed by atoms with Crippen molar-refractivity contribution in [2.75, 3.05) is 5.75 Å². The number of amides is 1. The third kappa shape index (κ3) is 38.1. The summed E-state index contributed by atoms with van der Waals surface area (Å²) < 4.78 is 32.6. The zero-order chi connectivity index (χ0) is 39.1. The Morgan fingerprint density at radius 1 is 0.528 bits per heavy atom. The van der Waals surface area contributed by atoms with Crippen molar-refractivity contribution in [3.8, 4) is 0 Å². The number of hydrogen-bond donors (Lipinski definition) is 4. The van der Waals surface area contributed by atoms with Crippen molar-refractivity contribution >= 4 is 16.0 Å². The molecule has 0 saturated carbocycles. The molecule has 308 valence electrons. The standard InChI is InChI=1S/C45H81NO6S/c1-3-5-7-9-11-13-15-17-19-21-23-25-27-29-31-33-35-37-39-43(47)42(41-53(50,51)52)46-45(49)44(48)40-38-36-34-32-30-28-26-24-22-20-18-16-14-12-10-8-6-4-2/h12,14,16,18,21,23,29,31,37,39,42-44,47-48H,3-11,13,15,17,19-20,22,24-28,30,32-36,38,40-41H2,1-2H3,(H,46,49)(H,50,51,52)/b14-12-,18-16-,23-21+,31-29+,39-37+. The first kappa shape index (κ1) is 51.0. The lowest BCUT2D eigenvalue weighted by atomic mass is 10.0. The van der Waals surface area contributed by atoms with E-state index in [2.05, 4.69) is 67.8 Å². The lowest BCUT2D eigenvalue weighted by molar-refractivity contribution is -0.130. The van der Waals surface area contributed by atoms with Crippen molar-refractivity contribution < 1.29 is 28.0 Å². The second-order valence-corrected chi connectivity index (χ2v) is 16.3. The summed E-state index contributed by atoms with van der Waals surface area (Å²) in [7, 11) is -4.46. The van der Waals surface area contributed by atoms with E-state index in [0.717, 1.165) is 51.4 Å². The van der Waals surface area contributed by atoms with Crippen LogP contribution in [-0.4, -0.2) is 53.1 Å². The molecule has 0 aromatic rings. The summed E-state index contributed by atoms with van der Waals surface area (Å²) in [5.41, 5.74) is 0. The summed E-state index contributed by atoms with van der Waals surface area (Å²) in [4.78, 5) is 12.6. The van der Waals surface area contributed by atoms with Crippen molar-refractivity contribution in [3.63, 3.8) is 0 Å². The molecule has 3 atom stereocenters. The maximum atomic E-state index is 12.6. The molecule has 0 aromatic carbocycles. The number of rotatable bonds is 38. The summed E-state index contributed by atoms with van der Waals surface area (Å²) in [5.74, 6) is -1.57. The van der Waals surface area contributed by atoms with Gasteiger partial charge in [-0.2, -0.15) is 8.42 Å². The molecule has 0 aliphatic carbocycles. The molecule has 0 spiro atoms. The zero-order valence-corrected chi connectivity index (χ0v) is 34.8. The number of carbonyl (C=O) groups excluding carboxylic acids is 1. The summed E-state index contributed by atoms with van der Waals surface area (Å²) in [5, 5.41) is 23.4. The van der Waals surface area contributed by atoms with Crippen molar-refractivity contribution in [2.24, 2.45) is 0 Å². The molecule has 4 N–H and O–H groups in total. The summed E-state index contributed by atoms with van der Waals surface area (Å²) in [6.45, 7) is 4.48. The van der Waals surface area contributed by atoms with E-state index in [9.17, 15) is 28.0 Å². The first-order chi connectivity index (χ1) is 25.7. The van der Waals surface area contributed by atoms with Gasteiger partial charge in [-0.3, -0.25) is 9.35 Å². The fraction of sp³-hybridized carbons (Fsp3) is 0.756. The minimum atomic E-state index is -4.46. The Bertz CT molecular complexity index is 1080. The van der Waals surface area contributed by atoms with Gasteiger partial charge in [0.25, 0.3) is 10.1 Å². The normalized spacial score (nSPS) is 14.4. The summed E-state index contributed by atoms with van der Waals surface area (Å²) >= 11 is 0. The average Bonchev–Trinajstić information content (AvgIpc) is 3.12. The van der Waals surface area contributed by atoms with E-state index in [1.807, 2.05) is 0 Å². The maximum Gasteiger partial charge on any atom is 0.267 e. The van der Waals surface area contributed by atoms with Crippen LogP contribution in [0.4, 0.5) is 0 Å². The van der Waals surface area contributed by atoms with Crippen LogP contribution >= 0.6 is 0 Å². The molecule has 0 radical (unpaired) electrons. The van der Waals surface area contributed by atoms with Crippen LogP contribution in [0.1, 0.15) is 194 Å². The molecule has 8 heteroatoms. The molecule has 0 saturated heterocycles. The number of aliphatic hydroxyl groups excluding tert-OH is 2. The van der Waals surface area contributed by atoms with Crippen LogP contribution in [-0.2, 0) is 14.9 Å². The molecular weight excluding hydrogens is 683 g/mol. The minimum Gasteiger partial charge on any atom is -0.387 e. The number of aliphatic hydroxyl groups is 2. The highest BCUT2D eigenvalue weighted by Gasteiger charge is 2.27. The highest BCUT2D eigenvalue weighted by Crippen LogP contribution is 2.14. The van der Waals surface area contributed by atoms with E-state index < -0.39 is 40.0 Å². The molecule has 0 rings (SSSR count). The fourth-order valence-electron chi connectivity index (χ4n) is 6.18. The first-order valence-electron chi connectivity index (χ1n) is 21.6. The van der Waals surface area contributed by atoms with Gasteiger partial charge in [-0.25, -0.2) is 0 Å². The Kier molecular flexibility index (Phi) is 36.8. The van der Waals surface area contributed by atoms with E-state index in [-0.39, 0.29) is 6.42 Å². The fourth-order valence-corrected chi connectivity index (χ4v) is 6.92. The van der Waals surface area contributed by atoms with Gasteiger partial charge in [-0.1, -0.05) is 184 Å². The molecule has 3 unspecified atom stereocenters. The lowest BCUT2D eigenvalue weighted by Gasteiger charge is -2.22. The monoisotopic (exact) mass is 764 g/mol. The Balaban J connectivity index is 4.10. The topological polar surface area (TPSA) is 124 Å². The van der Waals surface area contributed by atoms with Crippen LogP contribution in [0.2, 0.25) is 0 Å². The van der Waals surface area contributed by atoms with E-state index in [1.165, 1.54) is 115 Å². The number of hydrogen-bond acceptors (Lipinski definition) is 5. The van der Waals surface area contributed by atoms with Gasteiger partial charge in [0.15, 0.2) is 0 Å². The molecule has 7 nitrogen and oxygen atoms in total. The molecule has 0 fully saturated rings. The van der Waals surface area contributed by atoms with Gasteiger partial charge < -0.3 is 15.5 Å². The van der Waals surface area contributed by atoms with Crippen LogP contribution in [0.25, 0.3) is 0 Å². The van der Waals surface area contributed by atoms with Gasteiger partial charge >= 0.3 is 0 Å². The molecule has 0 aliphatic heterocycles. The van der Waals surface area contributed by atoms with Gasteiger partial charge in [-0.15, -0.1) is 0 Å². The maximum absolute atomic E-state index is 12.6. The molecule has 53 heavy (non-hydrogen) atoms. The smallest absolute Gasteiger partial charge is 0.267 e. The van der Waals surface area contributed by atoms with Crippen molar-refractivity contribution in [1.29, 1.82) is 0 Å². The molecule has 0 aliphatic rings. The molecule has 1 amide bonds. The number of nitrogens with one attached hydrogen (secondary N) is 1. The van der Waals surface area contributed by atoms with Gasteiger partial charge in [0.05, 0.1) is 17.9 Å². The summed E-state index contributed by atoms with van der Waals surface area (Å²) in [6.07, 6.45) is 49.8. The quantitative estimate of drug-likeness (QED) is 0.0215. The first-order valence-corrected chi connectivity index (χ1v) is 23.2. The predicted molar refractivity (Wildman–Crippen MR) is 227 cm³/mol. The van der Waals surface area contributed by atoms with Crippen LogP contribution in [0, 0.1) is 0 Å². The highest BCUT2D eigenvalue weighted by atomic mass is 32.2. The number of carbonyl (C=O) groups is 1. The van der Waals surface area contributed by atoms with Crippen molar-refractivity contribution in [2.45, 2.75) is 212 Å². The SMILES string of the molecule is CCCCC/C=C\C=C/CCCCCCCCCCCC(O)C(=O)NC(CS(=O)(=O)O)C(O)/C=C/CC/C=C/CC/C=C/CCCCCCCCCC. The third-order valence-corrected chi connectivity index (χ3v) is 10.3. The van der Waals surface area contributed by atoms with Crippen LogP contribution < -0.4 is 5.32 Å². The average molecular weight is 764 g/mol. The predicted octanol–water partition coefficient (Wildman–Crippen LogP) is 11.8. The largest absolute Gasteiger partial charge is 0.387 e. The lowest BCUT2D eigenvalue weighted by Crippen LogP contribution is -2.50. The number of allylic oxidation sites excluding steroid dienone is 9.